The van der Waals surface area contributed by atoms with Gasteiger partial charge in [-0.3, -0.25) is 14.9 Å². The van der Waals surface area contributed by atoms with E-state index in [0.717, 1.165) is 18.5 Å². The number of hydrogen-bond donors (Lipinski definition) is 2. The predicted molar refractivity (Wildman–Crippen MR) is 92.6 cm³/mol. The number of carbonyl (C=O) groups is 1. The Bertz CT molecular complexity index is 657. The maximum Gasteiger partial charge on any atom is 0.269 e. The van der Waals surface area contributed by atoms with Crippen LogP contribution in [0.3, 0.4) is 0 Å². The highest BCUT2D eigenvalue weighted by Gasteiger charge is 2.05. The number of amides is 1. The van der Waals surface area contributed by atoms with Crippen molar-refractivity contribution in [1.29, 1.82) is 0 Å². The number of nitro benzene ring substituents is 1. The van der Waals surface area contributed by atoms with Crippen LogP contribution >= 0.6 is 0 Å². The van der Waals surface area contributed by atoms with E-state index in [2.05, 4.69) is 22.8 Å². The monoisotopic (exact) mass is 327 g/mol. The molecule has 0 spiro atoms. The van der Waals surface area contributed by atoms with Crippen LogP contribution in [0.4, 0.5) is 5.69 Å². The Morgan fingerprint density at radius 3 is 2.33 bits per heavy atom. The first-order valence-electron chi connectivity index (χ1n) is 7.90. The van der Waals surface area contributed by atoms with Crippen LogP contribution in [0.2, 0.25) is 0 Å². The van der Waals surface area contributed by atoms with Crippen LogP contribution in [0.1, 0.15) is 17.5 Å². The number of nitrogens with zero attached hydrogens (tertiary/aromatic N) is 1. The summed E-state index contributed by atoms with van der Waals surface area (Å²) in [6.45, 7) is 1.83. The second-order valence-corrected chi connectivity index (χ2v) is 5.44. The fraction of sp³-hybridized carbons (Fsp3) is 0.278. The first-order chi connectivity index (χ1) is 11.6. The van der Waals surface area contributed by atoms with E-state index in [1.165, 1.54) is 17.7 Å². The van der Waals surface area contributed by atoms with Crippen molar-refractivity contribution in [3.8, 4) is 0 Å². The Labute approximate surface area is 141 Å². The molecule has 126 valence electrons. The van der Waals surface area contributed by atoms with Crippen molar-refractivity contribution < 1.29 is 9.72 Å². The molecule has 2 N–H and O–H groups in total. The lowest BCUT2D eigenvalue weighted by molar-refractivity contribution is -0.384. The fourth-order valence-electron chi connectivity index (χ4n) is 2.23. The third-order valence-electron chi connectivity index (χ3n) is 3.60. The molecule has 6 nitrogen and oxygen atoms in total. The third kappa shape index (κ3) is 6.18. The van der Waals surface area contributed by atoms with E-state index in [1.807, 2.05) is 18.2 Å². The number of non-ortho nitro benzene ring substituents is 1. The summed E-state index contributed by atoms with van der Waals surface area (Å²) in [6.07, 6.45) is 1.34. The van der Waals surface area contributed by atoms with Gasteiger partial charge < -0.3 is 10.6 Å². The number of carbonyl (C=O) groups excluding carboxylic acids is 1. The molecule has 0 aliphatic carbocycles. The highest BCUT2D eigenvalue weighted by Crippen LogP contribution is 2.11. The summed E-state index contributed by atoms with van der Waals surface area (Å²) in [5.74, 6) is -0.0411. The van der Waals surface area contributed by atoms with Gasteiger partial charge in [-0.25, -0.2) is 0 Å². The Morgan fingerprint density at radius 2 is 1.67 bits per heavy atom. The molecule has 0 aliphatic heterocycles. The van der Waals surface area contributed by atoms with Gasteiger partial charge in [0.1, 0.15) is 0 Å². The Hall–Kier alpha value is -2.73. The van der Waals surface area contributed by atoms with Crippen molar-refractivity contribution in [3.05, 3.63) is 75.8 Å². The van der Waals surface area contributed by atoms with Crippen LogP contribution < -0.4 is 10.6 Å². The molecule has 0 heterocycles. The minimum Gasteiger partial charge on any atom is -0.352 e. The van der Waals surface area contributed by atoms with E-state index in [9.17, 15) is 14.9 Å². The van der Waals surface area contributed by atoms with Crippen molar-refractivity contribution in [3.63, 3.8) is 0 Å². The molecule has 2 aromatic carbocycles. The zero-order valence-electron chi connectivity index (χ0n) is 13.4. The number of benzene rings is 2. The van der Waals surface area contributed by atoms with Gasteiger partial charge in [-0.15, -0.1) is 0 Å². The summed E-state index contributed by atoms with van der Waals surface area (Å²) in [7, 11) is 0. The Kier molecular flexibility index (Phi) is 6.91. The van der Waals surface area contributed by atoms with E-state index in [1.54, 1.807) is 12.1 Å². The predicted octanol–water partition coefficient (Wildman–Crippen LogP) is 2.43. The summed E-state index contributed by atoms with van der Waals surface area (Å²) in [5, 5.41) is 16.6. The SMILES string of the molecule is O=C(CCNCCc1ccccc1)NCc1ccc([N+](=O)[O-])cc1. The molecular formula is C18H21N3O3. The minimum absolute atomic E-state index is 0.0411. The van der Waals surface area contributed by atoms with Crippen LogP contribution in [0.15, 0.2) is 54.6 Å². The first-order valence-corrected chi connectivity index (χ1v) is 7.90. The Morgan fingerprint density at radius 1 is 0.958 bits per heavy atom. The second-order valence-electron chi connectivity index (χ2n) is 5.44. The molecule has 0 fully saturated rings. The summed E-state index contributed by atoms with van der Waals surface area (Å²) in [6, 6.07) is 16.4. The lowest BCUT2D eigenvalue weighted by Crippen LogP contribution is -2.28. The molecule has 0 atom stereocenters. The molecular weight excluding hydrogens is 306 g/mol. The van der Waals surface area contributed by atoms with Crippen LogP contribution in [-0.4, -0.2) is 23.9 Å². The molecule has 0 saturated heterocycles. The van der Waals surface area contributed by atoms with E-state index in [0.29, 0.717) is 19.5 Å². The smallest absolute Gasteiger partial charge is 0.269 e. The van der Waals surface area contributed by atoms with Gasteiger partial charge in [-0.1, -0.05) is 42.5 Å². The van der Waals surface area contributed by atoms with Crippen molar-refractivity contribution in [2.24, 2.45) is 0 Å². The molecule has 0 aliphatic rings. The zero-order valence-corrected chi connectivity index (χ0v) is 13.4. The summed E-state index contributed by atoms with van der Waals surface area (Å²) in [4.78, 5) is 21.9. The number of hydrogen-bond acceptors (Lipinski definition) is 4. The van der Waals surface area contributed by atoms with Crippen molar-refractivity contribution in [2.45, 2.75) is 19.4 Å². The van der Waals surface area contributed by atoms with E-state index < -0.39 is 4.92 Å². The summed E-state index contributed by atoms with van der Waals surface area (Å²) in [5.41, 5.74) is 2.16. The highest BCUT2D eigenvalue weighted by atomic mass is 16.6. The van der Waals surface area contributed by atoms with Gasteiger partial charge in [0.15, 0.2) is 0 Å². The van der Waals surface area contributed by atoms with Gasteiger partial charge in [-0.05, 0) is 24.1 Å². The molecule has 0 saturated carbocycles. The largest absolute Gasteiger partial charge is 0.352 e. The van der Waals surface area contributed by atoms with Crippen LogP contribution in [-0.2, 0) is 17.8 Å². The molecule has 0 unspecified atom stereocenters. The maximum atomic E-state index is 11.8. The van der Waals surface area contributed by atoms with E-state index >= 15 is 0 Å². The Balaban J connectivity index is 1.59. The molecule has 6 heteroatoms. The topological polar surface area (TPSA) is 84.3 Å². The first kappa shape index (κ1) is 17.6. The lowest BCUT2D eigenvalue weighted by Gasteiger charge is -2.07. The summed E-state index contributed by atoms with van der Waals surface area (Å²) >= 11 is 0. The van der Waals surface area contributed by atoms with Crippen molar-refractivity contribution in [2.75, 3.05) is 13.1 Å². The van der Waals surface area contributed by atoms with Crippen molar-refractivity contribution >= 4 is 11.6 Å². The lowest BCUT2D eigenvalue weighted by atomic mass is 10.1. The second kappa shape index (κ2) is 9.42. The maximum absolute atomic E-state index is 11.8. The van der Waals surface area contributed by atoms with Crippen LogP contribution in [0.5, 0.6) is 0 Å². The highest BCUT2D eigenvalue weighted by molar-refractivity contribution is 5.76. The average molecular weight is 327 g/mol. The number of nitrogens with one attached hydrogen (secondary N) is 2. The van der Waals surface area contributed by atoms with Gasteiger partial charge in [-0.2, -0.15) is 0 Å². The van der Waals surface area contributed by atoms with Crippen molar-refractivity contribution in [1.82, 2.24) is 10.6 Å². The zero-order chi connectivity index (χ0) is 17.2. The third-order valence-corrected chi connectivity index (χ3v) is 3.60. The number of nitro groups is 1. The molecule has 0 radical (unpaired) electrons. The van der Waals surface area contributed by atoms with Crippen LogP contribution in [0, 0.1) is 10.1 Å². The quantitative estimate of drug-likeness (QED) is 0.421. The molecule has 2 aromatic rings. The minimum atomic E-state index is -0.441. The van der Waals surface area contributed by atoms with Crippen LogP contribution in [0.25, 0.3) is 0 Å². The average Bonchev–Trinajstić information content (AvgIpc) is 2.61. The standard InChI is InChI=1S/C18H21N3O3/c22-18(11-13-19-12-10-15-4-2-1-3-5-15)20-14-16-6-8-17(9-7-16)21(23)24/h1-9,19H,10-14H2,(H,20,22). The van der Waals surface area contributed by atoms with Gasteiger partial charge in [0.2, 0.25) is 5.91 Å². The molecule has 2 rings (SSSR count). The summed E-state index contributed by atoms with van der Waals surface area (Å²) < 4.78 is 0. The van der Waals surface area contributed by atoms with Gasteiger partial charge >= 0.3 is 0 Å². The van der Waals surface area contributed by atoms with E-state index in [4.69, 9.17) is 0 Å². The molecule has 0 bridgehead atoms. The van der Waals surface area contributed by atoms with Gasteiger partial charge in [0.25, 0.3) is 5.69 Å². The molecule has 0 aromatic heterocycles. The molecule has 1 amide bonds. The molecule has 24 heavy (non-hydrogen) atoms. The fourth-order valence-corrected chi connectivity index (χ4v) is 2.23. The van der Waals surface area contributed by atoms with Gasteiger partial charge in [0, 0.05) is 31.6 Å². The van der Waals surface area contributed by atoms with Gasteiger partial charge in [0.05, 0.1) is 4.92 Å². The number of rotatable bonds is 9. The van der Waals surface area contributed by atoms with E-state index in [-0.39, 0.29) is 11.6 Å². The normalized spacial score (nSPS) is 10.3.